The second-order valence-electron chi connectivity index (χ2n) is 9.40. The van der Waals surface area contributed by atoms with Crippen LogP contribution in [0.4, 0.5) is 0 Å². The molecule has 37 heavy (non-hydrogen) atoms. The van der Waals surface area contributed by atoms with Crippen molar-refractivity contribution >= 4 is 17.9 Å². The van der Waals surface area contributed by atoms with Crippen molar-refractivity contribution in [2.75, 3.05) is 19.8 Å². The molecular formula is C29H51NO7. The lowest BCUT2D eigenvalue weighted by atomic mass is 10.1. The Hall–Kier alpha value is -2.19. The minimum absolute atomic E-state index is 0.164. The smallest absolute Gasteiger partial charge is 0.308 e. The molecule has 0 fully saturated rings. The summed E-state index contributed by atoms with van der Waals surface area (Å²) in [5.74, 6) is -1.49. The van der Waals surface area contributed by atoms with E-state index in [1.807, 2.05) is 0 Å². The fourth-order valence-electron chi connectivity index (χ4n) is 3.43. The molecule has 0 aliphatic heterocycles. The molecule has 0 aromatic carbocycles. The van der Waals surface area contributed by atoms with Gasteiger partial charge in [-0.3, -0.25) is 14.4 Å². The van der Waals surface area contributed by atoms with Crippen molar-refractivity contribution in [2.24, 2.45) is 5.73 Å². The summed E-state index contributed by atoms with van der Waals surface area (Å²) in [7, 11) is 0. The zero-order valence-corrected chi connectivity index (χ0v) is 23.2. The minimum atomic E-state index is -0.915. The van der Waals surface area contributed by atoms with Gasteiger partial charge in [0.05, 0.1) is 12.5 Å². The lowest BCUT2D eigenvalue weighted by Crippen LogP contribution is -2.31. The van der Waals surface area contributed by atoms with Gasteiger partial charge in [-0.1, -0.05) is 63.3 Å². The molecule has 0 saturated carbocycles. The summed E-state index contributed by atoms with van der Waals surface area (Å²) in [5.41, 5.74) is 5.38. The summed E-state index contributed by atoms with van der Waals surface area (Å²) in [5, 5.41) is 9.34. The van der Waals surface area contributed by atoms with Crippen molar-refractivity contribution in [1.29, 1.82) is 0 Å². The monoisotopic (exact) mass is 525 g/mol. The number of unbranched alkanes of at least 4 members (excludes halogenated alkanes) is 8. The van der Waals surface area contributed by atoms with Crippen LogP contribution in [-0.2, 0) is 28.6 Å². The van der Waals surface area contributed by atoms with Crippen LogP contribution in [-0.4, -0.2) is 55.0 Å². The zero-order valence-electron chi connectivity index (χ0n) is 23.2. The predicted octanol–water partition coefficient (Wildman–Crippen LogP) is 5.31. The van der Waals surface area contributed by atoms with Crippen LogP contribution in [0.5, 0.6) is 0 Å². The van der Waals surface area contributed by atoms with Crippen LogP contribution in [0.3, 0.4) is 0 Å². The highest BCUT2D eigenvalue weighted by Gasteiger charge is 2.20. The molecule has 2 atom stereocenters. The summed E-state index contributed by atoms with van der Waals surface area (Å²) in [6.45, 7) is 3.64. The average molecular weight is 526 g/mol. The number of carbonyl (C=O) groups excluding carboxylic acids is 3. The van der Waals surface area contributed by atoms with Crippen molar-refractivity contribution in [3.8, 4) is 0 Å². The first kappa shape index (κ1) is 34.8. The summed E-state index contributed by atoms with van der Waals surface area (Å²) >= 11 is 0. The lowest BCUT2D eigenvalue weighted by Gasteiger charge is -2.18. The van der Waals surface area contributed by atoms with Crippen LogP contribution < -0.4 is 5.73 Å². The SMILES string of the molecule is CCCCC/C=C\C/C=C\CCCCCCCC(=O)OCC(COC(=O)CCCN)OC(=O)CC(C)O. The molecule has 3 N–H and O–H groups in total. The largest absolute Gasteiger partial charge is 0.462 e. The third-order valence-corrected chi connectivity index (χ3v) is 5.54. The number of esters is 3. The van der Waals surface area contributed by atoms with Gasteiger partial charge in [-0.2, -0.15) is 0 Å². The van der Waals surface area contributed by atoms with E-state index < -0.39 is 24.1 Å². The highest BCUT2D eigenvalue weighted by Crippen LogP contribution is 2.10. The number of nitrogens with two attached hydrogens (primary N) is 1. The third-order valence-electron chi connectivity index (χ3n) is 5.54. The van der Waals surface area contributed by atoms with E-state index >= 15 is 0 Å². The fourth-order valence-corrected chi connectivity index (χ4v) is 3.43. The van der Waals surface area contributed by atoms with E-state index in [4.69, 9.17) is 19.9 Å². The van der Waals surface area contributed by atoms with Gasteiger partial charge in [-0.25, -0.2) is 0 Å². The van der Waals surface area contributed by atoms with Gasteiger partial charge in [-0.15, -0.1) is 0 Å². The first-order valence-corrected chi connectivity index (χ1v) is 14.1. The summed E-state index contributed by atoms with van der Waals surface area (Å²) < 4.78 is 15.5. The molecule has 2 unspecified atom stereocenters. The van der Waals surface area contributed by atoms with Gasteiger partial charge >= 0.3 is 17.9 Å². The molecule has 0 aliphatic rings. The number of carbonyl (C=O) groups is 3. The Morgan fingerprint density at radius 2 is 1.30 bits per heavy atom. The molecule has 0 saturated heterocycles. The van der Waals surface area contributed by atoms with Crippen molar-refractivity contribution in [2.45, 2.75) is 122 Å². The molecule has 0 bridgehead atoms. The van der Waals surface area contributed by atoms with Gasteiger partial charge in [0.1, 0.15) is 13.2 Å². The van der Waals surface area contributed by atoms with Crippen LogP contribution in [0, 0.1) is 0 Å². The number of ether oxygens (including phenoxy) is 3. The second kappa shape index (κ2) is 25.5. The van der Waals surface area contributed by atoms with E-state index in [1.165, 1.54) is 32.6 Å². The average Bonchev–Trinajstić information content (AvgIpc) is 2.86. The molecular weight excluding hydrogens is 474 g/mol. The van der Waals surface area contributed by atoms with Gasteiger partial charge in [0, 0.05) is 12.8 Å². The maximum Gasteiger partial charge on any atom is 0.308 e. The van der Waals surface area contributed by atoms with Crippen LogP contribution >= 0.6 is 0 Å². The Bertz CT molecular complexity index is 646. The molecule has 0 heterocycles. The topological polar surface area (TPSA) is 125 Å². The maximum atomic E-state index is 12.1. The second-order valence-corrected chi connectivity index (χ2v) is 9.40. The molecule has 0 amide bonds. The number of allylic oxidation sites excluding steroid dienone is 4. The first-order chi connectivity index (χ1) is 17.9. The fraction of sp³-hybridized carbons (Fsp3) is 0.759. The number of aliphatic hydroxyl groups excluding tert-OH is 1. The molecule has 0 spiro atoms. The third kappa shape index (κ3) is 25.2. The predicted molar refractivity (Wildman–Crippen MR) is 146 cm³/mol. The Kier molecular flexibility index (Phi) is 24.0. The first-order valence-electron chi connectivity index (χ1n) is 14.1. The molecule has 0 aromatic rings. The van der Waals surface area contributed by atoms with Crippen molar-refractivity contribution in [3.05, 3.63) is 24.3 Å². The highest BCUT2D eigenvalue weighted by molar-refractivity contribution is 5.71. The lowest BCUT2D eigenvalue weighted by molar-refractivity contribution is -0.168. The van der Waals surface area contributed by atoms with Gasteiger partial charge in [0.25, 0.3) is 0 Å². The van der Waals surface area contributed by atoms with Gasteiger partial charge in [0.15, 0.2) is 6.10 Å². The zero-order chi connectivity index (χ0) is 27.6. The van der Waals surface area contributed by atoms with Crippen LogP contribution in [0.15, 0.2) is 24.3 Å². The Labute approximate surface area is 224 Å². The Morgan fingerprint density at radius 1 is 0.757 bits per heavy atom. The highest BCUT2D eigenvalue weighted by atomic mass is 16.6. The van der Waals surface area contributed by atoms with E-state index in [9.17, 15) is 19.5 Å². The summed E-state index contributed by atoms with van der Waals surface area (Å²) in [6, 6.07) is 0. The summed E-state index contributed by atoms with van der Waals surface area (Å²) in [4.78, 5) is 35.7. The molecule has 8 nitrogen and oxygen atoms in total. The van der Waals surface area contributed by atoms with E-state index in [0.29, 0.717) is 13.0 Å². The maximum absolute atomic E-state index is 12.1. The number of hydrogen-bond donors (Lipinski definition) is 2. The molecule has 0 radical (unpaired) electrons. The Morgan fingerprint density at radius 3 is 1.86 bits per heavy atom. The van der Waals surface area contributed by atoms with Crippen LogP contribution in [0.2, 0.25) is 0 Å². The number of hydrogen-bond acceptors (Lipinski definition) is 8. The Balaban J connectivity index is 4.00. The number of rotatable bonds is 24. The normalized spacial score (nSPS) is 13.1. The van der Waals surface area contributed by atoms with Crippen LogP contribution in [0.1, 0.15) is 110 Å². The molecule has 8 heteroatoms. The van der Waals surface area contributed by atoms with Gasteiger partial charge in [0.2, 0.25) is 0 Å². The number of aliphatic hydroxyl groups is 1. The molecule has 0 aromatic heterocycles. The molecule has 0 rings (SSSR count). The van der Waals surface area contributed by atoms with Crippen LogP contribution in [0.25, 0.3) is 0 Å². The minimum Gasteiger partial charge on any atom is -0.462 e. The summed E-state index contributed by atoms with van der Waals surface area (Å²) in [6.07, 6.45) is 20.1. The van der Waals surface area contributed by atoms with Crippen molar-refractivity contribution < 1.29 is 33.7 Å². The molecule has 214 valence electrons. The quantitative estimate of drug-likeness (QED) is 0.0752. The van der Waals surface area contributed by atoms with E-state index in [-0.39, 0.29) is 38.4 Å². The van der Waals surface area contributed by atoms with E-state index in [0.717, 1.165) is 44.9 Å². The molecule has 0 aliphatic carbocycles. The van der Waals surface area contributed by atoms with E-state index in [1.54, 1.807) is 0 Å². The van der Waals surface area contributed by atoms with Crippen molar-refractivity contribution in [1.82, 2.24) is 0 Å². The van der Waals surface area contributed by atoms with E-state index in [2.05, 4.69) is 31.2 Å². The van der Waals surface area contributed by atoms with Gasteiger partial charge < -0.3 is 25.1 Å². The standard InChI is InChI=1S/C29H51NO7/c1-3-4-5-6-7-8-9-10-11-12-13-14-15-16-17-19-27(32)35-23-26(37-29(34)22-25(2)31)24-36-28(33)20-18-21-30/h7-8,10-11,25-26,31H,3-6,9,12-24,30H2,1-2H3/b8-7-,11-10-. The van der Waals surface area contributed by atoms with Gasteiger partial charge in [-0.05, 0) is 58.4 Å². The van der Waals surface area contributed by atoms with Crippen molar-refractivity contribution in [3.63, 3.8) is 0 Å².